The molecule has 6 rings (SSSR count). The summed E-state index contributed by atoms with van der Waals surface area (Å²) in [5, 5.41) is 0.840. The standard InChI is InChI=1S/C27H25Cl/c1-26(2)22-13-12-19-18-8-4-5-9-21(18)27(14-6-3-7-15-27)25(19)24(22)20-11-10-17(28)16-23(20)26/h4-5,8-13,16H,3,6-7,14-15H2,1-2H3. The zero-order valence-corrected chi connectivity index (χ0v) is 17.4. The lowest BCUT2D eigenvalue weighted by Crippen LogP contribution is -2.29. The van der Waals surface area contributed by atoms with Gasteiger partial charge in [-0.3, -0.25) is 0 Å². The minimum atomic E-state index is -0.00473. The molecule has 0 bridgehead atoms. The van der Waals surface area contributed by atoms with Crippen LogP contribution in [0.4, 0.5) is 0 Å². The Bertz CT molecular complexity index is 1130. The smallest absolute Gasteiger partial charge is 0.0409 e. The van der Waals surface area contributed by atoms with E-state index in [0.717, 1.165) is 5.02 Å². The average molecular weight is 385 g/mol. The minimum Gasteiger partial charge on any atom is -0.0843 e. The van der Waals surface area contributed by atoms with Crippen LogP contribution in [0.1, 0.15) is 68.2 Å². The van der Waals surface area contributed by atoms with Crippen LogP contribution in [-0.2, 0) is 10.8 Å². The van der Waals surface area contributed by atoms with Gasteiger partial charge in [0.2, 0.25) is 0 Å². The molecule has 1 spiro atoms. The summed E-state index contributed by atoms with van der Waals surface area (Å²) in [6.07, 6.45) is 6.57. The van der Waals surface area contributed by atoms with Crippen LogP contribution >= 0.6 is 11.6 Å². The second-order valence-corrected chi connectivity index (χ2v) is 9.85. The van der Waals surface area contributed by atoms with Crippen LogP contribution in [-0.4, -0.2) is 0 Å². The Morgan fingerprint density at radius 2 is 1.46 bits per heavy atom. The molecule has 0 heterocycles. The summed E-state index contributed by atoms with van der Waals surface area (Å²) < 4.78 is 0. The average Bonchev–Trinajstić information content (AvgIpc) is 3.10. The van der Waals surface area contributed by atoms with Crippen LogP contribution in [0, 0.1) is 0 Å². The third-order valence-electron chi connectivity index (χ3n) is 7.72. The van der Waals surface area contributed by atoms with E-state index in [1.165, 1.54) is 65.5 Å². The Hall–Kier alpha value is -2.05. The highest BCUT2D eigenvalue weighted by Gasteiger charge is 2.48. The summed E-state index contributed by atoms with van der Waals surface area (Å²) in [5.74, 6) is 0. The van der Waals surface area contributed by atoms with Gasteiger partial charge in [-0.25, -0.2) is 0 Å². The van der Waals surface area contributed by atoms with Crippen molar-refractivity contribution in [1.82, 2.24) is 0 Å². The Morgan fingerprint density at radius 3 is 2.29 bits per heavy atom. The third kappa shape index (κ3) is 1.93. The molecular formula is C27H25Cl. The molecule has 0 saturated heterocycles. The van der Waals surface area contributed by atoms with Gasteiger partial charge < -0.3 is 0 Å². The van der Waals surface area contributed by atoms with Crippen LogP contribution in [0.5, 0.6) is 0 Å². The van der Waals surface area contributed by atoms with Crippen molar-refractivity contribution in [1.29, 1.82) is 0 Å². The number of fused-ring (bicyclic) bond motifs is 9. The lowest BCUT2D eigenvalue weighted by molar-refractivity contribution is 0.353. The molecular weight excluding hydrogens is 360 g/mol. The largest absolute Gasteiger partial charge is 0.0843 e. The molecule has 0 unspecified atom stereocenters. The van der Waals surface area contributed by atoms with E-state index in [2.05, 4.69) is 68.4 Å². The quantitative estimate of drug-likeness (QED) is 0.369. The van der Waals surface area contributed by atoms with Crippen molar-refractivity contribution in [2.45, 2.75) is 56.8 Å². The van der Waals surface area contributed by atoms with Crippen LogP contribution in [0.15, 0.2) is 54.6 Å². The number of rotatable bonds is 0. The van der Waals surface area contributed by atoms with E-state index in [9.17, 15) is 0 Å². The molecule has 1 saturated carbocycles. The SMILES string of the molecule is CC1(C)c2cc(Cl)ccc2-c2c1ccc1c2C2(CCCCC2)c2ccccc2-1. The highest BCUT2D eigenvalue weighted by molar-refractivity contribution is 6.30. The monoisotopic (exact) mass is 384 g/mol. The molecule has 0 atom stereocenters. The van der Waals surface area contributed by atoms with E-state index in [4.69, 9.17) is 11.6 Å². The number of hydrogen-bond donors (Lipinski definition) is 0. The van der Waals surface area contributed by atoms with Gasteiger partial charge in [0.25, 0.3) is 0 Å². The van der Waals surface area contributed by atoms with Crippen molar-refractivity contribution in [3.05, 3.63) is 81.9 Å². The second-order valence-electron chi connectivity index (χ2n) is 9.41. The molecule has 0 nitrogen and oxygen atoms in total. The molecule has 3 aliphatic rings. The lowest BCUT2D eigenvalue weighted by atomic mass is 9.66. The highest BCUT2D eigenvalue weighted by Crippen LogP contribution is 2.62. The molecule has 28 heavy (non-hydrogen) atoms. The first-order valence-electron chi connectivity index (χ1n) is 10.6. The van der Waals surface area contributed by atoms with E-state index in [1.54, 1.807) is 11.1 Å². The number of hydrogen-bond acceptors (Lipinski definition) is 0. The maximum absolute atomic E-state index is 6.43. The molecule has 0 aliphatic heterocycles. The fraction of sp³-hybridized carbons (Fsp3) is 0.333. The van der Waals surface area contributed by atoms with Gasteiger partial charge in [-0.1, -0.05) is 87.2 Å². The second kappa shape index (κ2) is 5.51. The summed E-state index contributed by atoms with van der Waals surface area (Å²) in [6.45, 7) is 4.71. The molecule has 0 amide bonds. The predicted octanol–water partition coefficient (Wildman–Crippen LogP) is 7.88. The van der Waals surface area contributed by atoms with E-state index < -0.39 is 0 Å². The first kappa shape index (κ1) is 16.9. The van der Waals surface area contributed by atoms with Crippen molar-refractivity contribution in [2.24, 2.45) is 0 Å². The third-order valence-corrected chi connectivity index (χ3v) is 7.96. The van der Waals surface area contributed by atoms with Crippen molar-refractivity contribution in [3.8, 4) is 22.3 Å². The Kier molecular flexibility index (Phi) is 3.32. The maximum atomic E-state index is 6.43. The lowest BCUT2D eigenvalue weighted by Gasteiger charge is -2.37. The molecule has 0 N–H and O–H groups in total. The topological polar surface area (TPSA) is 0 Å². The van der Waals surface area contributed by atoms with Gasteiger partial charge in [-0.15, -0.1) is 0 Å². The molecule has 3 aliphatic carbocycles. The molecule has 3 aromatic carbocycles. The maximum Gasteiger partial charge on any atom is 0.0409 e. The van der Waals surface area contributed by atoms with Crippen molar-refractivity contribution < 1.29 is 0 Å². The van der Waals surface area contributed by atoms with Gasteiger partial charge in [0.05, 0.1) is 0 Å². The summed E-state index contributed by atoms with van der Waals surface area (Å²) in [5.41, 5.74) is 12.1. The number of benzene rings is 3. The zero-order chi connectivity index (χ0) is 19.1. The van der Waals surface area contributed by atoms with Crippen molar-refractivity contribution >= 4 is 11.6 Å². The first-order valence-corrected chi connectivity index (χ1v) is 11.0. The van der Waals surface area contributed by atoms with E-state index in [1.807, 2.05) is 0 Å². The Balaban J connectivity index is 1.75. The summed E-state index contributed by atoms with van der Waals surface area (Å²) >= 11 is 6.43. The molecule has 140 valence electrons. The Labute approximate surface area is 172 Å². The predicted molar refractivity (Wildman–Crippen MR) is 118 cm³/mol. The Morgan fingerprint density at radius 1 is 0.714 bits per heavy atom. The minimum absolute atomic E-state index is 0.00473. The number of halogens is 1. The fourth-order valence-electron chi connectivity index (χ4n) is 6.47. The van der Waals surface area contributed by atoms with Crippen LogP contribution in [0.25, 0.3) is 22.3 Å². The zero-order valence-electron chi connectivity index (χ0n) is 16.6. The summed E-state index contributed by atoms with van der Waals surface area (Å²) in [4.78, 5) is 0. The summed E-state index contributed by atoms with van der Waals surface area (Å²) in [7, 11) is 0. The van der Waals surface area contributed by atoms with Gasteiger partial charge in [0, 0.05) is 15.9 Å². The highest BCUT2D eigenvalue weighted by atomic mass is 35.5. The van der Waals surface area contributed by atoms with E-state index >= 15 is 0 Å². The molecule has 3 aromatic rings. The van der Waals surface area contributed by atoms with Gasteiger partial charge in [-0.05, 0) is 69.5 Å². The van der Waals surface area contributed by atoms with Gasteiger partial charge in [-0.2, -0.15) is 0 Å². The molecule has 1 heteroatoms. The fourth-order valence-corrected chi connectivity index (χ4v) is 6.64. The van der Waals surface area contributed by atoms with Crippen molar-refractivity contribution in [2.75, 3.05) is 0 Å². The van der Waals surface area contributed by atoms with E-state index in [0.29, 0.717) is 0 Å². The van der Waals surface area contributed by atoms with Crippen LogP contribution in [0.3, 0.4) is 0 Å². The summed E-state index contributed by atoms with van der Waals surface area (Å²) in [6, 6.07) is 20.5. The van der Waals surface area contributed by atoms with Gasteiger partial charge in [0.15, 0.2) is 0 Å². The molecule has 0 aromatic heterocycles. The van der Waals surface area contributed by atoms with Crippen LogP contribution < -0.4 is 0 Å². The van der Waals surface area contributed by atoms with E-state index in [-0.39, 0.29) is 10.8 Å². The normalized spacial score (nSPS) is 19.8. The molecule has 0 radical (unpaired) electrons. The van der Waals surface area contributed by atoms with Gasteiger partial charge >= 0.3 is 0 Å². The van der Waals surface area contributed by atoms with Gasteiger partial charge in [0.1, 0.15) is 0 Å². The van der Waals surface area contributed by atoms with Crippen molar-refractivity contribution in [3.63, 3.8) is 0 Å². The first-order chi connectivity index (χ1) is 13.5. The molecule has 1 fully saturated rings. The van der Waals surface area contributed by atoms with Crippen LogP contribution in [0.2, 0.25) is 5.02 Å².